The van der Waals surface area contributed by atoms with Gasteiger partial charge in [-0.25, -0.2) is 4.57 Å². The van der Waals surface area contributed by atoms with Gasteiger partial charge in [-0.1, -0.05) is 193 Å². The van der Waals surface area contributed by atoms with Crippen molar-refractivity contribution in [3.63, 3.8) is 0 Å². The van der Waals surface area contributed by atoms with Gasteiger partial charge in [-0.05, 0) is 38.5 Å². The van der Waals surface area contributed by atoms with Crippen molar-refractivity contribution in [2.75, 3.05) is 26.4 Å². The molecule has 0 spiro atoms. The second-order valence-corrected chi connectivity index (χ2v) is 17.6. The van der Waals surface area contributed by atoms with Crippen LogP contribution in [0.2, 0.25) is 0 Å². The molecule has 11 heteroatoms. The Morgan fingerprint density at radius 3 is 1.28 bits per heavy atom. The molecule has 0 aliphatic heterocycles. The maximum Gasteiger partial charge on any atom is 0.472 e. The maximum absolute atomic E-state index is 12.6. The van der Waals surface area contributed by atoms with Crippen LogP contribution in [-0.4, -0.2) is 65.7 Å². The van der Waals surface area contributed by atoms with E-state index in [-0.39, 0.29) is 19.4 Å². The van der Waals surface area contributed by atoms with Gasteiger partial charge < -0.3 is 24.6 Å². The normalized spacial score (nSPS) is 13.8. The van der Waals surface area contributed by atoms with E-state index in [0.717, 1.165) is 38.5 Å². The van der Waals surface area contributed by atoms with Crippen molar-refractivity contribution in [1.82, 2.24) is 0 Å². The summed E-state index contributed by atoms with van der Waals surface area (Å²) in [7, 11) is -4.61. The number of hydrogen-bond donors (Lipinski definition) is 3. The van der Waals surface area contributed by atoms with E-state index in [0.29, 0.717) is 12.8 Å². The molecule has 0 saturated heterocycles. The first kappa shape index (κ1) is 55.7. The summed E-state index contributed by atoms with van der Waals surface area (Å²) >= 11 is 0. The van der Waals surface area contributed by atoms with Crippen LogP contribution in [0.4, 0.5) is 0 Å². The summed E-state index contributed by atoms with van der Waals surface area (Å²) in [4.78, 5) is 35.1. The van der Waals surface area contributed by atoms with Gasteiger partial charge in [-0.2, -0.15) is 0 Å². The topological polar surface area (TPSA) is 149 Å². The summed E-state index contributed by atoms with van der Waals surface area (Å²) in [6.45, 7) is 2.41. The Kier molecular flexibility index (Phi) is 41.9. The number of aliphatic hydroxyl groups is 2. The van der Waals surface area contributed by atoms with E-state index in [9.17, 15) is 24.2 Å². The first-order valence-corrected chi connectivity index (χ1v) is 25.1. The molecular formula is C46H89O10P. The summed E-state index contributed by atoms with van der Waals surface area (Å²) in [6, 6.07) is 0. The average Bonchev–Trinajstić information content (AvgIpc) is 3.20. The van der Waals surface area contributed by atoms with Crippen molar-refractivity contribution in [3.8, 4) is 0 Å². The van der Waals surface area contributed by atoms with Crippen molar-refractivity contribution >= 4 is 19.8 Å². The molecule has 10 nitrogen and oxygen atoms in total. The smallest absolute Gasteiger partial charge is 0.462 e. The second-order valence-electron chi connectivity index (χ2n) is 16.1. The molecule has 0 rings (SSSR count). The van der Waals surface area contributed by atoms with Crippen molar-refractivity contribution in [1.29, 1.82) is 0 Å². The van der Waals surface area contributed by atoms with E-state index >= 15 is 0 Å². The molecule has 0 bridgehead atoms. The lowest BCUT2D eigenvalue weighted by molar-refractivity contribution is -0.161. The number of unbranched alkanes of at least 4 members (excludes halogenated alkanes) is 29. The van der Waals surface area contributed by atoms with E-state index in [4.69, 9.17) is 23.6 Å². The number of phosphoric acid groups is 1. The number of rotatable bonds is 45. The third-order valence-corrected chi connectivity index (χ3v) is 11.4. The van der Waals surface area contributed by atoms with Gasteiger partial charge in [0.2, 0.25) is 0 Å². The minimum Gasteiger partial charge on any atom is -0.462 e. The standard InChI is InChI=1S/C46H89O10P/c1-3-5-7-9-11-13-15-17-19-21-23-25-27-29-31-33-35-37-45(49)53-41-44(42-55-57(51,52)54-40-43(48)39-47)56-46(50)38-36-34-32-30-28-26-24-22-20-18-16-14-12-10-8-6-4-2/h13,15,43-44,47-48H,3-12,14,16-42H2,1-2H3,(H,51,52)/b15-13+/t43-,44+/m0/s1. The molecular weight excluding hydrogens is 743 g/mol. The van der Waals surface area contributed by atoms with Crippen molar-refractivity contribution in [3.05, 3.63) is 12.2 Å². The Balaban J connectivity index is 4.20. The number of esters is 2. The van der Waals surface area contributed by atoms with Crippen LogP contribution >= 0.6 is 7.82 Å². The van der Waals surface area contributed by atoms with Crippen LogP contribution in [0.25, 0.3) is 0 Å². The number of allylic oxidation sites excluding steroid dienone is 2. The molecule has 3 atom stereocenters. The third-order valence-electron chi connectivity index (χ3n) is 10.4. The average molecular weight is 833 g/mol. The largest absolute Gasteiger partial charge is 0.472 e. The lowest BCUT2D eigenvalue weighted by Crippen LogP contribution is -2.29. The molecule has 57 heavy (non-hydrogen) atoms. The Morgan fingerprint density at radius 1 is 0.509 bits per heavy atom. The Labute approximate surface area is 349 Å². The third kappa shape index (κ3) is 42.6. The van der Waals surface area contributed by atoms with Crippen molar-refractivity contribution in [2.45, 2.75) is 244 Å². The van der Waals surface area contributed by atoms with Gasteiger partial charge in [-0.3, -0.25) is 18.6 Å². The highest BCUT2D eigenvalue weighted by Crippen LogP contribution is 2.43. The predicted molar refractivity (Wildman–Crippen MR) is 233 cm³/mol. The molecule has 3 N–H and O–H groups in total. The number of aliphatic hydroxyl groups excluding tert-OH is 2. The summed E-state index contributed by atoms with van der Waals surface area (Å²) < 4.78 is 32.8. The molecule has 0 saturated carbocycles. The Bertz CT molecular complexity index is 961. The molecule has 0 amide bonds. The van der Waals surface area contributed by atoms with Crippen LogP contribution in [0.5, 0.6) is 0 Å². The molecule has 0 radical (unpaired) electrons. The summed E-state index contributed by atoms with van der Waals surface area (Å²) in [5.41, 5.74) is 0. The molecule has 0 heterocycles. The van der Waals surface area contributed by atoms with Crippen LogP contribution < -0.4 is 0 Å². The molecule has 338 valence electrons. The highest BCUT2D eigenvalue weighted by atomic mass is 31.2. The van der Waals surface area contributed by atoms with Gasteiger partial charge in [-0.15, -0.1) is 0 Å². The Hall–Kier alpha value is -1.29. The Morgan fingerprint density at radius 2 is 0.860 bits per heavy atom. The summed E-state index contributed by atoms with van der Waals surface area (Å²) in [5.74, 6) is -0.913. The van der Waals surface area contributed by atoms with Crippen LogP contribution in [0.15, 0.2) is 12.2 Å². The van der Waals surface area contributed by atoms with Gasteiger partial charge in [0.25, 0.3) is 0 Å². The highest BCUT2D eigenvalue weighted by Gasteiger charge is 2.27. The minimum absolute atomic E-state index is 0.190. The zero-order valence-electron chi connectivity index (χ0n) is 36.8. The summed E-state index contributed by atoms with van der Waals surface area (Å²) in [6.07, 6.45) is 41.7. The zero-order chi connectivity index (χ0) is 41.9. The van der Waals surface area contributed by atoms with Crippen LogP contribution in [0.1, 0.15) is 232 Å². The van der Waals surface area contributed by atoms with E-state index in [1.54, 1.807) is 0 Å². The minimum atomic E-state index is -4.61. The fourth-order valence-corrected chi connectivity index (χ4v) is 7.54. The highest BCUT2D eigenvalue weighted by molar-refractivity contribution is 7.47. The van der Waals surface area contributed by atoms with Crippen molar-refractivity contribution < 1.29 is 47.8 Å². The monoisotopic (exact) mass is 833 g/mol. The quantitative estimate of drug-likeness (QED) is 0.0234. The maximum atomic E-state index is 12.6. The molecule has 0 aromatic rings. The van der Waals surface area contributed by atoms with E-state index in [2.05, 4.69) is 26.0 Å². The number of ether oxygens (including phenoxy) is 2. The SMILES string of the molecule is CCCCCC/C=C/CCCCCCCCCCCC(=O)OC[C@H](COP(=O)(O)OC[C@@H](O)CO)OC(=O)CCCCCCCCCCCCCCCCCCC. The van der Waals surface area contributed by atoms with Gasteiger partial charge in [0.15, 0.2) is 6.10 Å². The van der Waals surface area contributed by atoms with Gasteiger partial charge in [0.05, 0.1) is 19.8 Å². The zero-order valence-corrected chi connectivity index (χ0v) is 37.7. The van der Waals surface area contributed by atoms with Crippen LogP contribution in [0, 0.1) is 0 Å². The molecule has 1 unspecified atom stereocenters. The number of hydrogen-bond acceptors (Lipinski definition) is 9. The number of phosphoric ester groups is 1. The van der Waals surface area contributed by atoms with E-state index in [1.165, 1.54) is 154 Å². The lowest BCUT2D eigenvalue weighted by Gasteiger charge is -2.20. The molecule has 0 aliphatic rings. The van der Waals surface area contributed by atoms with Crippen molar-refractivity contribution in [2.24, 2.45) is 0 Å². The van der Waals surface area contributed by atoms with E-state index < -0.39 is 51.8 Å². The van der Waals surface area contributed by atoms with E-state index in [1.807, 2.05) is 0 Å². The molecule has 0 fully saturated rings. The second kappa shape index (κ2) is 42.8. The van der Waals surface area contributed by atoms with Gasteiger partial charge in [0.1, 0.15) is 12.7 Å². The first-order valence-electron chi connectivity index (χ1n) is 23.6. The lowest BCUT2D eigenvalue weighted by atomic mass is 10.0. The first-order chi connectivity index (χ1) is 27.7. The molecule has 0 aromatic carbocycles. The van der Waals surface area contributed by atoms with Gasteiger partial charge >= 0.3 is 19.8 Å². The molecule has 0 aliphatic carbocycles. The molecule has 0 aromatic heterocycles. The number of carbonyl (C=O) groups is 2. The van der Waals surface area contributed by atoms with Gasteiger partial charge in [0, 0.05) is 12.8 Å². The van der Waals surface area contributed by atoms with Crippen LogP contribution in [0.3, 0.4) is 0 Å². The fourth-order valence-electron chi connectivity index (χ4n) is 6.75. The summed E-state index contributed by atoms with van der Waals surface area (Å²) in [5, 5.41) is 18.4. The predicted octanol–water partition coefficient (Wildman–Crippen LogP) is 12.8. The van der Waals surface area contributed by atoms with Crippen LogP contribution in [-0.2, 0) is 32.7 Å². The number of carbonyl (C=O) groups excluding carboxylic acids is 2. The fraction of sp³-hybridized carbons (Fsp3) is 0.913.